The van der Waals surface area contributed by atoms with Crippen molar-refractivity contribution < 1.29 is 35.8 Å². The summed E-state index contributed by atoms with van der Waals surface area (Å²) < 4.78 is 86.2. The monoisotopic (exact) mass is 554 g/mol. The number of thiazole rings is 1. The lowest BCUT2D eigenvalue weighted by atomic mass is 10.1. The van der Waals surface area contributed by atoms with Crippen LogP contribution in [0.1, 0.15) is 23.5 Å². The first-order valence-electron chi connectivity index (χ1n) is 11.2. The van der Waals surface area contributed by atoms with Crippen molar-refractivity contribution in [3.63, 3.8) is 0 Å². The highest BCUT2D eigenvalue weighted by molar-refractivity contribution is 7.88. The van der Waals surface area contributed by atoms with Crippen LogP contribution in [0.4, 0.5) is 23.5 Å². The van der Waals surface area contributed by atoms with Gasteiger partial charge in [-0.05, 0) is 12.8 Å². The van der Waals surface area contributed by atoms with Crippen LogP contribution in [-0.2, 0) is 27.5 Å². The number of piperidine rings is 1. The molecule has 4 heterocycles. The summed E-state index contributed by atoms with van der Waals surface area (Å²) in [5.41, 5.74) is -1.75. The summed E-state index contributed by atoms with van der Waals surface area (Å²) in [5, 5.41) is 12.6. The summed E-state index contributed by atoms with van der Waals surface area (Å²) in [7, 11) is -3.31. The fraction of sp³-hybridized carbons (Fsp3) is 0.650. The van der Waals surface area contributed by atoms with Crippen LogP contribution in [0.25, 0.3) is 10.6 Å². The quantitative estimate of drug-likeness (QED) is 0.494. The van der Waals surface area contributed by atoms with E-state index in [1.807, 2.05) is 0 Å². The summed E-state index contributed by atoms with van der Waals surface area (Å²) >= 11 is 0.691. The Balaban J connectivity index is 1.57. The third kappa shape index (κ3) is 6.28. The van der Waals surface area contributed by atoms with E-state index in [0.29, 0.717) is 37.3 Å². The van der Waals surface area contributed by atoms with Gasteiger partial charge in [-0.1, -0.05) is 0 Å². The molecule has 4 rings (SSSR count). The van der Waals surface area contributed by atoms with Crippen LogP contribution in [0.2, 0.25) is 0 Å². The van der Waals surface area contributed by atoms with E-state index in [4.69, 9.17) is 4.74 Å². The average molecular weight is 555 g/mol. The molecule has 2 fully saturated rings. The molecule has 36 heavy (non-hydrogen) atoms. The first-order valence-corrected chi connectivity index (χ1v) is 13.9. The Labute approximate surface area is 209 Å². The molecule has 16 heteroatoms. The predicted octanol–water partition coefficient (Wildman–Crippen LogP) is 1.79. The van der Waals surface area contributed by atoms with Crippen molar-refractivity contribution in [2.24, 2.45) is 0 Å². The molecule has 0 amide bonds. The van der Waals surface area contributed by atoms with E-state index in [1.165, 1.54) is 4.31 Å². The number of morpholine rings is 1. The standard InChI is InChI=1S/C20H26F4N6O4S2/c1-36(32,33)30-4-2-12(3-5-30)26-19-25-8-14(21)16(28-19)17-18(20(22,23)24)27-15(35-17)9-29-6-7-34-11-13(29)10-31/h8,12-13,31H,2-7,9-11H2,1H3,(H,25,26,28). The van der Waals surface area contributed by atoms with E-state index < -0.39 is 38.3 Å². The van der Waals surface area contributed by atoms with Gasteiger partial charge in [0.1, 0.15) is 10.7 Å². The highest BCUT2D eigenvalue weighted by Crippen LogP contribution is 2.41. The molecule has 2 aliphatic heterocycles. The van der Waals surface area contributed by atoms with E-state index in [2.05, 4.69) is 20.3 Å². The second-order valence-corrected chi connectivity index (χ2v) is 11.7. The lowest BCUT2D eigenvalue weighted by Gasteiger charge is -2.33. The summed E-state index contributed by atoms with van der Waals surface area (Å²) in [6.45, 7) is 1.41. The number of aliphatic hydroxyl groups excluding tert-OH is 1. The van der Waals surface area contributed by atoms with Gasteiger partial charge in [0.15, 0.2) is 11.5 Å². The molecular weight excluding hydrogens is 528 g/mol. The zero-order valence-electron chi connectivity index (χ0n) is 19.3. The fourth-order valence-corrected chi connectivity index (χ4v) is 6.11. The largest absolute Gasteiger partial charge is 0.434 e. The van der Waals surface area contributed by atoms with Gasteiger partial charge in [0, 0.05) is 25.7 Å². The molecule has 2 aromatic rings. The number of rotatable bonds is 7. The molecule has 10 nitrogen and oxygen atoms in total. The molecule has 0 saturated carbocycles. The van der Waals surface area contributed by atoms with Crippen LogP contribution < -0.4 is 5.32 Å². The number of alkyl halides is 3. The maximum Gasteiger partial charge on any atom is 0.434 e. The molecule has 0 aromatic carbocycles. The summed E-state index contributed by atoms with van der Waals surface area (Å²) in [4.78, 5) is 13.0. The van der Waals surface area contributed by atoms with Crippen LogP contribution in [-0.4, -0.2) is 95.5 Å². The van der Waals surface area contributed by atoms with Crippen molar-refractivity contribution in [2.45, 2.75) is 37.6 Å². The van der Waals surface area contributed by atoms with E-state index >= 15 is 0 Å². The molecule has 2 saturated heterocycles. The molecule has 0 bridgehead atoms. The van der Waals surface area contributed by atoms with E-state index in [9.17, 15) is 31.1 Å². The Morgan fingerprint density at radius 2 is 1.97 bits per heavy atom. The van der Waals surface area contributed by atoms with Crippen molar-refractivity contribution in [3.05, 3.63) is 22.7 Å². The third-order valence-electron chi connectivity index (χ3n) is 6.05. The van der Waals surface area contributed by atoms with Crippen LogP contribution in [0.3, 0.4) is 0 Å². The lowest BCUT2D eigenvalue weighted by molar-refractivity contribution is -0.140. The van der Waals surface area contributed by atoms with Gasteiger partial charge in [0.05, 0.1) is 49.7 Å². The highest BCUT2D eigenvalue weighted by atomic mass is 32.2. The number of hydrogen-bond donors (Lipinski definition) is 2. The highest BCUT2D eigenvalue weighted by Gasteiger charge is 2.39. The lowest BCUT2D eigenvalue weighted by Crippen LogP contribution is -2.46. The number of nitrogens with one attached hydrogen (secondary N) is 1. The maximum absolute atomic E-state index is 14.7. The third-order valence-corrected chi connectivity index (χ3v) is 8.40. The van der Waals surface area contributed by atoms with Crippen LogP contribution >= 0.6 is 11.3 Å². The van der Waals surface area contributed by atoms with Crippen molar-refractivity contribution in [3.8, 4) is 10.6 Å². The minimum Gasteiger partial charge on any atom is -0.395 e. The van der Waals surface area contributed by atoms with Gasteiger partial charge in [-0.2, -0.15) is 13.2 Å². The Morgan fingerprint density at radius 1 is 1.25 bits per heavy atom. The topological polar surface area (TPSA) is 121 Å². The Kier molecular flexibility index (Phi) is 8.11. The molecule has 0 radical (unpaired) electrons. The molecule has 0 spiro atoms. The Bertz CT molecular complexity index is 1170. The number of sulfonamides is 1. The second kappa shape index (κ2) is 10.8. The molecule has 0 aliphatic carbocycles. The van der Waals surface area contributed by atoms with Crippen molar-refractivity contribution in [1.29, 1.82) is 0 Å². The van der Waals surface area contributed by atoms with Crippen LogP contribution in [0.15, 0.2) is 6.20 Å². The number of nitrogens with zero attached hydrogens (tertiary/aromatic N) is 5. The van der Waals surface area contributed by atoms with Gasteiger partial charge in [-0.25, -0.2) is 32.1 Å². The number of hydrogen-bond acceptors (Lipinski definition) is 10. The Morgan fingerprint density at radius 3 is 2.61 bits per heavy atom. The molecule has 200 valence electrons. The molecule has 2 aromatic heterocycles. The van der Waals surface area contributed by atoms with Gasteiger partial charge in [0.25, 0.3) is 0 Å². The van der Waals surface area contributed by atoms with Crippen molar-refractivity contribution in [2.75, 3.05) is 51.0 Å². The van der Waals surface area contributed by atoms with Crippen LogP contribution in [0, 0.1) is 5.82 Å². The van der Waals surface area contributed by atoms with Gasteiger partial charge >= 0.3 is 6.18 Å². The van der Waals surface area contributed by atoms with Gasteiger partial charge in [-0.3, -0.25) is 4.90 Å². The van der Waals surface area contributed by atoms with Gasteiger partial charge < -0.3 is 15.2 Å². The first kappa shape index (κ1) is 27.1. The number of ether oxygens (including phenoxy) is 1. The molecule has 2 N–H and O–H groups in total. The van der Waals surface area contributed by atoms with E-state index in [-0.39, 0.29) is 55.9 Å². The van der Waals surface area contributed by atoms with Gasteiger partial charge in [0.2, 0.25) is 16.0 Å². The minimum atomic E-state index is -4.84. The van der Waals surface area contributed by atoms with Gasteiger partial charge in [-0.15, -0.1) is 11.3 Å². The first-order chi connectivity index (χ1) is 17.0. The number of aliphatic hydroxyl groups is 1. The molecule has 1 unspecified atom stereocenters. The normalized spacial score (nSPS) is 21.1. The smallest absolute Gasteiger partial charge is 0.395 e. The maximum atomic E-state index is 14.7. The van der Waals surface area contributed by atoms with E-state index in [1.54, 1.807) is 4.90 Å². The minimum absolute atomic E-state index is 0.0407. The summed E-state index contributed by atoms with van der Waals surface area (Å²) in [5.74, 6) is -1.08. The van der Waals surface area contributed by atoms with Crippen molar-refractivity contribution in [1.82, 2.24) is 24.2 Å². The summed E-state index contributed by atoms with van der Waals surface area (Å²) in [6.07, 6.45) is -2.03. The van der Waals surface area contributed by atoms with Crippen molar-refractivity contribution >= 4 is 27.3 Å². The Hall–Kier alpha value is -1.98. The summed E-state index contributed by atoms with van der Waals surface area (Å²) in [6, 6.07) is -0.599. The predicted molar refractivity (Wildman–Crippen MR) is 123 cm³/mol. The van der Waals surface area contributed by atoms with E-state index in [0.717, 1.165) is 12.5 Å². The number of aromatic nitrogens is 3. The zero-order chi connectivity index (χ0) is 26.1. The van der Waals surface area contributed by atoms with Crippen LogP contribution in [0.5, 0.6) is 0 Å². The SMILES string of the molecule is CS(=O)(=O)N1CCC(Nc2ncc(F)c(-c3sc(CN4CCOCC4CO)nc3C(F)(F)F)n2)CC1. The molecule has 2 aliphatic rings. The molecule has 1 atom stereocenters. The zero-order valence-corrected chi connectivity index (χ0v) is 21.0. The second-order valence-electron chi connectivity index (χ2n) is 8.64. The molecular formula is C20H26F4N6O4S2. The average Bonchev–Trinajstić information content (AvgIpc) is 3.25. The fourth-order valence-electron chi connectivity index (χ4n) is 4.13. The number of halogens is 4. The number of anilines is 1.